The van der Waals surface area contributed by atoms with Gasteiger partial charge in [-0.2, -0.15) is 0 Å². The van der Waals surface area contributed by atoms with E-state index in [9.17, 15) is 4.79 Å². The molecule has 0 bridgehead atoms. The Bertz CT molecular complexity index is 581. The number of hydrogen-bond acceptors (Lipinski definition) is 4. The Labute approximate surface area is 162 Å². The van der Waals surface area contributed by atoms with Gasteiger partial charge in [0.15, 0.2) is 0 Å². The van der Waals surface area contributed by atoms with Gasteiger partial charge in [-0.25, -0.2) is 0 Å². The Balaban J connectivity index is 1.42. The van der Waals surface area contributed by atoms with Crippen LogP contribution in [0.25, 0.3) is 0 Å². The first-order valence-electron chi connectivity index (χ1n) is 9.83. The number of amides is 1. The lowest BCUT2D eigenvalue weighted by molar-refractivity contribution is -0.130. The first-order chi connectivity index (χ1) is 12.6. The third kappa shape index (κ3) is 6.00. The lowest BCUT2D eigenvalue weighted by Gasteiger charge is -2.36. The first-order valence-corrected chi connectivity index (χ1v) is 11.0. The van der Waals surface area contributed by atoms with E-state index in [0.717, 1.165) is 58.1 Å². The summed E-state index contributed by atoms with van der Waals surface area (Å²) in [7, 11) is 0. The SMILES string of the molecule is Cc1cc(C)cc(CSCC(=O)N2CCCC(CN3CCOCC3)C2)c1. The van der Waals surface area contributed by atoms with Gasteiger partial charge in [-0.15, -0.1) is 11.8 Å². The van der Waals surface area contributed by atoms with Crippen molar-refractivity contribution in [3.05, 3.63) is 34.9 Å². The van der Waals surface area contributed by atoms with Gasteiger partial charge in [0.2, 0.25) is 5.91 Å². The van der Waals surface area contributed by atoms with E-state index in [1.165, 1.54) is 23.1 Å². The van der Waals surface area contributed by atoms with Gasteiger partial charge >= 0.3 is 0 Å². The third-order valence-corrected chi connectivity index (χ3v) is 6.26. The van der Waals surface area contributed by atoms with E-state index in [1.54, 1.807) is 11.8 Å². The number of morpholine rings is 1. The molecule has 1 unspecified atom stereocenters. The van der Waals surface area contributed by atoms with Crippen molar-refractivity contribution >= 4 is 17.7 Å². The fraction of sp³-hybridized carbons (Fsp3) is 0.667. The minimum Gasteiger partial charge on any atom is -0.379 e. The van der Waals surface area contributed by atoms with E-state index >= 15 is 0 Å². The molecule has 0 spiro atoms. The quantitative estimate of drug-likeness (QED) is 0.764. The molecular formula is C21H32N2O2S. The van der Waals surface area contributed by atoms with Crippen LogP contribution >= 0.6 is 11.8 Å². The van der Waals surface area contributed by atoms with Crippen LogP contribution in [0.2, 0.25) is 0 Å². The van der Waals surface area contributed by atoms with Gasteiger partial charge in [0, 0.05) is 38.5 Å². The van der Waals surface area contributed by atoms with Crippen molar-refractivity contribution in [1.29, 1.82) is 0 Å². The zero-order chi connectivity index (χ0) is 18.4. The molecule has 1 amide bonds. The summed E-state index contributed by atoms with van der Waals surface area (Å²) < 4.78 is 5.43. The van der Waals surface area contributed by atoms with Crippen LogP contribution in [0, 0.1) is 19.8 Å². The molecule has 2 fully saturated rings. The van der Waals surface area contributed by atoms with Crippen LogP contribution in [0.4, 0.5) is 0 Å². The lowest BCUT2D eigenvalue weighted by atomic mass is 9.97. The molecule has 0 N–H and O–H groups in total. The number of ether oxygens (including phenoxy) is 1. The van der Waals surface area contributed by atoms with Crippen LogP contribution in [-0.4, -0.2) is 67.4 Å². The van der Waals surface area contributed by atoms with Crippen LogP contribution in [0.15, 0.2) is 18.2 Å². The molecule has 0 saturated carbocycles. The second kappa shape index (κ2) is 9.77. The molecule has 144 valence electrons. The smallest absolute Gasteiger partial charge is 0.232 e. The van der Waals surface area contributed by atoms with E-state index in [1.807, 2.05) is 0 Å². The maximum Gasteiger partial charge on any atom is 0.232 e. The summed E-state index contributed by atoms with van der Waals surface area (Å²) in [5, 5.41) is 0. The molecule has 1 aromatic carbocycles. The molecule has 2 aliphatic heterocycles. The molecule has 2 saturated heterocycles. The van der Waals surface area contributed by atoms with Gasteiger partial charge in [-0.3, -0.25) is 9.69 Å². The second-order valence-corrected chi connectivity index (χ2v) is 8.74. The zero-order valence-corrected chi connectivity index (χ0v) is 17.0. The van der Waals surface area contributed by atoms with Crippen molar-refractivity contribution in [2.75, 3.05) is 51.7 Å². The highest BCUT2D eigenvalue weighted by molar-refractivity contribution is 7.99. The monoisotopic (exact) mass is 376 g/mol. The molecular weight excluding hydrogens is 344 g/mol. The standard InChI is InChI=1S/C21H32N2O2S/c1-17-10-18(2)12-20(11-17)15-26-16-21(24)23-5-3-4-19(14-23)13-22-6-8-25-9-7-22/h10-12,19H,3-9,13-16H2,1-2H3. The number of nitrogens with zero attached hydrogens (tertiary/aromatic N) is 2. The topological polar surface area (TPSA) is 32.8 Å². The van der Waals surface area contributed by atoms with Crippen molar-refractivity contribution in [3.8, 4) is 0 Å². The molecule has 0 aromatic heterocycles. The van der Waals surface area contributed by atoms with Gasteiger partial charge in [-0.1, -0.05) is 29.3 Å². The predicted octanol–water partition coefficient (Wildman–Crippen LogP) is 3.11. The fourth-order valence-electron chi connectivity index (χ4n) is 4.09. The molecule has 5 heteroatoms. The minimum absolute atomic E-state index is 0.311. The summed E-state index contributed by atoms with van der Waals surface area (Å²) in [5.74, 6) is 2.44. The van der Waals surface area contributed by atoms with E-state index < -0.39 is 0 Å². The Hall–Kier alpha value is -1.04. The average molecular weight is 377 g/mol. The summed E-state index contributed by atoms with van der Waals surface area (Å²) >= 11 is 1.74. The summed E-state index contributed by atoms with van der Waals surface area (Å²) in [6.45, 7) is 11.0. The number of carbonyl (C=O) groups is 1. The Morgan fingerprint density at radius 2 is 1.88 bits per heavy atom. The number of benzene rings is 1. The number of piperidine rings is 1. The van der Waals surface area contributed by atoms with Crippen molar-refractivity contribution < 1.29 is 9.53 Å². The Kier molecular flexibility index (Phi) is 7.41. The van der Waals surface area contributed by atoms with Gasteiger partial charge in [0.25, 0.3) is 0 Å². The van der Waals surface area contributed by atoms with Crippen LogP contribution < -0.4 is 0 Å². The van der Waals surface area contributed by atoms with Crippen LogP contribution in [0.3, 0.4) is 0 Å². The van der Waals surface area contributed by atoms with E-state index in [0.29, 0.717) is 17.6 Å². The number of rotatable bonds is 6. The molecule has 26 heavy (non-hydrogen) atoms. The summed E-state index contributed by atoms with van der Waals surface area (Å²) in [6, 6.07) is 6.65. The van der Waals surface area contributed by atoms with E-state index in [2.05, 4.69) is 41.8 Å². The van der Waals surface area contributed by atoms with Crippen LogP contribution in [0.1, 0.15) is 29.5 Å². The predicted molar refractivity (Wildman–Crippen MR) is 109 cm³/mol. The first kappa shape index (κ1) is 19.7. The fourth-order valence-corrected chi connectivity index (χ4v) is 4.95. The van der Waals surface area contributed by atoms with Crippen molar-refractivity contribution in [2.24, 2.45) is 5.92 Å². The number of carbonyl (C=O) groups excluding carboxylic acids is 1. The highest BCUT2D eigenvalue weighted by atomic mass is 32.2. The van der Waals surface area contributed by atoms with Gasteiger partial charge in [0.1, 0.15) is 0 Å². The highest BCUT2D eigenvalue weighted by Gasteiger charge is 2.25. The molecule has 0 radical (unpaired) electrons. The second-order valence-electron chi connectivity index (χ2n) is 7.75. The molecule has 2 heterocycles. The largest absolute Gasteiger partial charge is 0.379 e. The van der Waals surface area contributed by atoms with Gasteiger partial charge in [0.05, 0.1) is 19.0 Å². The van der Waals surface area contributed by atoms with Crippen LogP contribution in [0.5, 0.6) is 0 Å². The van der Waals surface area contributed by atoms with Crippen molar-refractivity contribution in [2.45, 2.75) is 32.4 Å². The molecule has 2 aliphatic rings. The van der Waals surface area contributed by atoms with Crippen LogP contribution in [-0.2, 0) is 15.3 Å². The number of aryl methyl sites for hydroxylation is 2. The number of hydrogen-bond donors (Lipinski definition) is 0. The average Bonchev–Trinajstić information content (AvgIpc) is 2.62. The number of thioether (sulfide) groups is 1. The van der Waals surface area contributed by atoms with Gasteiger partial charge in [-0.05, 0) is 38.2 Å². The zero-order valence-electron chi connectivity index (χ0n) is 16.2. The third-order valence-electron chi connectivity index (χ3n) is 5.27. The van der Waals surface area contributed by atoms with E-state index in [-0.39, 0.29) is 0 Å². The van der Waals surface area contributed by atoms with Crippen molar-refractivity contribution in [3.63, 3.8) is 0 Å². The normalized spacial score (nSPS) is 21.8. The Morgan fingerprint density at radius 3 is 2.62 bits per heavy atom. The summed E-state index contributed by atoms with van der Waals surface area (Å²) in [6.07, 6.45) is 2.39. The molecule has 1 aromatic rings. The molecule has 3 rings (SSSR count). The highest BCUT2D eigenvalue weighted by Crippen LogP contribution is 2.21. The lowest BCUT2D eigenvalue weighted by Crippen LogP contribution is -2.46. The summed E-state index contributed by atoms with van der Waals surface area (Å²) in [4.78, 5) is 17.2. The minimum atomic E-state index is 0.311. The summed E-state index contributed by atoms with van der Waals surface area (Å²) in [5.41, 5.74) is 3.92. The Morgan fingerprint density at radius 1 is 1.15 bits per heavy atom. The maximum absolute atomic E-state index is 12.6. The molecule has 4 nitrogen and oxygen atoms in total. The maximum atomic E-state index is 12.6. The van der Waals surface area contributed by atoms with Crippen molar-refractivity contribution in [1.82, 2.24) is 9.80 Å². The van der Waals surface area contributed by atoms with E-state index in [4.69, 9.17) is 4.74 Å². The molecule has 0 aliphatic carbocycles. The molecule has 1 atom stereocenters. The number of likely N-dealkylation sites (tertiary alicyclic amines) is 1. The van der Waals surface area contributed by atoms with Gasteiger partial charge < -0.3 is 9.64 Å².